The van der Waals surface area contributed by atoms with Gasteiger partial charge in [-0.1, -0.05) is 36.3 Å². The molecule has 0 aromatic heterocycles. The molecule has 0 aliphatic rings. The lowest BCUT2D eigenvalue weighted by Crippen LogP contribution is -2.30. The number of rotatable bonds is 4. The lowest BCUT2D eigenvalue weighted by Gasteiger charge is -2.14. The maximum absolute atomic E-state index is 11.8. The van der Waals surface area contributed by atoms with Crippen LogP contribution >= 0.6 is 0 Å². The van der Waals surface area contributed by atoms with Crippen molar-refractivity contribution in [1.82, 2.24) is 0 Å². The summed E-state index contributed by atoms with van der Waals surface area (Å²) in [5.74, 6) is 0.0269. The van der Waals surface area contributed by atoms with Gasteiger partial charge in [-0.3, -0.25) is 0 Å². The molecule has 0 spiro atoms. The second kappa shape index (κ2) is 5.31. The fourth-order valence-corrected chi connectivity index (χ4v) is 2.65. The largest absolute Gasteiger partial charge is 0.411 e. The predicted octanol–water partition coefficient (Wildman–Crippen LogP) is 2.00. The Morgan fingerprint density at radius 1 is 1.41 bits per heavy atom. The van der Waals surface area contributed by atoms with Gasteiger partial charge in [0.05, 0.1) is 0 Å². The van der Waals surface area contributed by atoms with E-state index in [-0.39, 0.29) is 11.5 Å². The van der Waals surface area contributed by atoms with Crippen LogP contribution in [-0.4, -0.2) is 30.3 Å². The Bertz CT molecular complexity index is 520. The van der Waals surface area contributed by atoms with E-state index in [1.807, 2.05) is 19.1 Å². The van der Waals surface area contributed by atoms with Crippen LogP contribution in [0, 0.1) is 6.92 Å². The molecule has 0 saturated heterocycles. The smallest absolute Gasteiger partial charge is 0.158 e. The summed E-state index contributed by atoms with van der Waals surface area (Å²) < 4.78 is 23.6. The standard InChI is InChI=1S/C12H17NO3S/c1-4-17(15,16)10(3)12(13-14)11-8-6-5-7-9(11)2/h5-8,10,14H,4H2,1-3H3/b13-12+/t10-/m1/s1. The molecule has 0 aliphatic heterocycles. The third kappa shape index (κ3) is 2.85. The minimum Gasteiger partial charge on any atom is -0.411 e. The Balaban J connectivity index is 3.24. The van der Waals surface area contributed by atoms with Gasteiger partial charge in [-0.15, -0.1) is 0 Å². The number of sulfone groups is 1. The van der Waals surface area contributed by atoms with Gasteiger partial charge in [0.25, 0.3) is 0 Å². The fourth-order valence-electron chi connectivity index (χ4n) is 1.63. The van der Waals surface area contributed by atoms with Crippen molar-refractivity contribution in [3.05, 3.63) is 35.4 Å². The molecule has 17 heavy (non-hydrogen) atoms. The first kappa shape index (κ1) is 13.7. The van der Waals surface area contributed by atoms with E-state index in [2.05, 4.69) is 5.16 Å². The summed E-state index contributed by atoms with van der Waals surface area (Å²) in [6.45, 7) is 4.98. The van der Waals surface area contributed by atoms with Crippen molar-refractivity contribution in [2.75, 3.05) is 5.75 Å². The molecule has 1 N–H and O–H groups in total. The lowest BCUT2D eigenvalue weighted by molar-refractivity contribution is 0.318. The van der Waals surface area contributed by atoms with Crippen molar-refractivity contribution in [1.29, 1.82) is 0 Å². The zero-order valence-electron chi connectivity index (χ0n) is 10.2. The first-order valence-corrected chi connectivity index (χ1v) is 7.15. The first-order valence-electron chi connectivity index (χ1n) is 5.43. The van der Waals surface area contributed by atoms with Crippen LogP contribution in [0.4, 0.5) is 0 Å². The van der Waals surface area contributed by atoms with Crippen molar-refractivity contribution < 1.29 is 13.6 Å². The second-order valence-electron chi connectivity index (χ2n) is 3.89. The van der Waals surface area contributed by atoms with Gasteiger partial charge in [-0.25, -0.2) is 8.42 Å². The first-order chi connectivity index (χ1) is 7.94. The number of nitrogens with zero attached hydrogens (tertiary/aromatic N) is 1. The Hall–Kier alpha value is -1.36. The molecule has 94 valence electrons. The van der Waals surface area contributed by atoms with Crippen LogP contribution in [-0.2, 0) is 9.84 Å². The van der Waals surface area contributed by atoms with Crippen LogP contribution < -0.4 is 0 Å². The zero-order chi connectivity index (χ0) is 13.1. The van der Waals surface area contributed by atoms with Gasteiger partial charge in [-0.05, 0) is 19.4 Å². The topological polar surface area (TPSA) is 66.7 Å². The average Bonchev–Trinajstić information content (AvgIpc) is 2.32. The highest BCUT2D eigenvalue weighted by molar-refractivity contribution is 7.92. The van der Waals surface area contributed by atoms with E-state index >= 15 is 0 Å². The summed E-state index contributed by atoms with van der Waals surface area (Å²) in [6.07, 6.45) is 0. The second-order valence-corrected chi connectivity index (χ2v) is 6.50. The summed E-state index contributed by atoms with van der Waals surface area (Å²) in [4.78, 5) is 0. The highest BCUT2D eigenvalue weighted by atomic mass is 32.2. The van der Waals surface area contributed by atoms with Gasteiger partial charge in [0.2, 0.25) is 0 Å². The summed E-state index contributed by atoms with van der Waals surface area (Å²) in [5.41, 5.74) is 1.75. The molecule has 0 unspecified atom stereocenters. The molecule has 0 saturated carbocycles. The van der Waals surface area contributed by atoms with Gasteiger partial charge >= 0.3 is 0 Å². The Kier molecular flexibility index (Phi) is 4.28. The lowest BCUT2D eigenvalue weighted by atomic mass is 10.0. The van der Waals surface area contributed by atoms with Crippen LogP contribution in [0.15, 0.2) is 29.4 Å². The van der Waals surface area contributed by atoms with E-state index in [9.17, 15) is 8.42 Å². The summed E-state index contributed by atoms with van der Waals surface area (Å²) in [7, 11) is -3.27. The summed E-state index contributed by atoms with van der Waals surface area (Å²) in [6, 6.07) is 7.25. The number of hydrogen-bond donors (Lipinski definition) is 1. The molecule has 0 amide bonds. The Labute approximate surface area is 102 Å². The van der Waals surface area contributed by atoms with Crippen LogP contribution in [0.1, 0.15) is 25.0 Å². The SMILES string of the molecule is CCS(=O)(=O)[C@H](C)/C(=N\O)c1ccccc1C. The van der Waals surface area contributed by atoms with E-state index in [0.29, 0.717) is 5.56 Å². The minimum atomic E-state index is -3.27. The molecule has 1 aromatic rings. The highest BCUT2D eigenvalue weighted by Crippen LogP contribution is 2.15. The van der Waals surface area contributed by atoms with Crippen LogP contribution in [0.3, 0.4) is 0 Å². The molecule has 0 fully saturated rings. The van der Waals surface area contributed by atoms with Gasteiger partial charge in [-0.2, -0.15) is 0 Å². The van der Waals surface area contributed by atoms with Crippen LogP contribution in [0.5, 0.6) is 0 Å². The van der Waals surface area contributed by atoms with Crippen molar-refractivity contribution in [2.45, 2.75) is 26.0 Å². The molecule has 1 atom stereocenters. The average molecular weight is 255 g/mol. The molecule has 4 nitrogen and oxygen atoms in total. The predicted molar refractivity (Wildman–Crippen MR) is 68.4 cm³/mol. The maximum Gasteiger partial charge on any atom is 0.158 e. The molecule has 1 aromatic carbocycles. The van der Waals surface area contributed by atoms with E-state index in [1.165, 1.54) is 0 Å². The minimum absolute atomic E-state index is 0.0269. The third-order valence-corrected chi connectivity index (χ3v) is 4.96. The van der Waals surface area contributed by atoms with Crippen molar-refractivity contribution in [2.24, 2.45) is 5.16 Å². The van der Waals surface area contributed by atoms with Gasteiger partial charge < -0.3 is 5.21 Å². The van der Waals surface area contributed by atoms with Crippen molar-refractivity contribution in [3.63, 3.8) is 0 Å². The molecular formula is C12H17NO3S. The van der Waals surface area contributed by atoms with Crippen molar-refractivity contribution >= 4 is 15.5 Å². The fraction of sp³-hybridized carbons (Fsp3) is 0.417. The highest BCUT2D eigenvalue weighted by Gasteiger charge is 2.26. The summed E-state index contributed by atoms with van der Waals surface area (Å²) >= 11 is 0. The number of oxime groups is 1. The number of benzene rings is 1. The van der Waals surface area contributed by atoms with E-state index < -0.39 is 15.1 Å². The Morgan fingerprint density at radius 3 is 2.47 bits per heavy atom. The van der Waals surface area contributed by atoms with E-state index in [4.69, 9.17) is 5.21 Å². The van der Waals surface area contributed by atoms with Gasteiger partial charge in [0.1, 0.15) is 11.0 Å². The quantitative estimate of drug-likeness (QED) is 0.508. The van der Waals surface area contributed by atoms with E-state index in [0.717, 1.165) is 5.56 Å². The molecule has 1 rings (SSSR count). The molecule has 0 heterocycles. The van der Waals surface area contributed by atoms with Gasteiger partial charge in [0, 0.05) is 11.3 Å². The molecule has 0 radical (unpaired) electrons. The van der Waals surface area contributed by atoms with Crippen LogP contribution in [0.25, 0.3) is 0 Å². The van der Waals surface area contributed by atoms with Crippen molar-refractivity contribution in [3.8, 4) is 0 Å². The van der Waals surface area contributed by atoms with Crippen LogP contribution in [0.2, 0.25) is 0 Å². The monoisotopic (exact) mass is 255 g/mol. The zero-order valence-corrected chi connectivity index (χ0v) is 11.0. The number of hydrogen-bond acceptors (Lipinski definition) is 4. The normalized spacial score (nSPS) is 14.6. The Morgan fingerprint density at radius 2 is 2.00 bits per heavy atom. The molecular weight excluding hydrogens is 238 g/mol. The van der Waals surface area contributed by atoms with E-state index in [1.54, 1.807) is 26.0 Å². The molecule has 0 aliphatic carbocycles. The third-order valence-electron chi connectivity index (χ3n) is 2.85. The summed E-state index contributed by atoms with van der Waals surface area (Å²) in [5, 5.41) is 11.4. The molecule has 5 heteroatoms. The maximum atomic E-state index is 11.8. The van der Waals surface area contributed by atoms with Gasteiger partial charge in [0.15, 0.2) is 9.84 Å². The molecule has 0 bridgehead atoms. The number of aryl methyl sites for hydroxylation is 1.